The van der Waals surface area contributed by atoms with Crippen molar-refractivity contribution in [2.45, 2.75) is 46.2 Å². The Kier molecular flexibility index (Phi) is 6.96. The normalized spacial score (nSPS) is 11.7. The molecule has 2 aromatic carbocycles. The minimum atomic E-state index is -0.508. The number of likely N-dealkylation sites (N-methyl/N-ethyl adjacent to an activating group) is 1. The van der Waals surface area contributed by atoms with E-state index in [0.717, 1.165) is 16.7 Å². The largest absolute Gasteiger partial charge is 0.357 e. The molecule has 26 heavy (non-hydrogen) atoms. The highest BCUT2D eigenvalue weighted by Crippen LogP contribution is 2.14. The second-order valence-corrected chi connectivity index (χ2v) is 6.79. The van der Waals surface area contributed by atoms with Crippen LogP contribution in [0.3, 0.4) is 0 Å². The van der Waals surface area contributed by atoms with Crippen molar-refractivity contribution in [1.82, 2.24) is 10.2 Å². The molecule has 0 radical (unpaired) electrons. The van der Waals surface area contributed by atoms with Crippen LogP contribution < -0.4 is 5.32 Å². The predicted molar refractivity (Wildman–Crippen MR) is 105 cm³/mol. The average Bonchev–Trinajstić information content (AvgIpc) is 2.64. The molecule has 0 fully saturated rings. The van der Waals surface area contributed by atoms with E-state index in [0.29, 0.717) is 19.4 Å². The third-order valence-corrected chi connectivity index (χ3v) is 4.60. The number of amides is 2. The van der Waals surface area contributed by atoms with E-state index in [-0.39, 0.29) is 11.8 Å². The number of nitrogens with one attached hydrogen (secondary N) is 1. The van der Waals surface area contributed by atoms with Crippen LogP contribution in [0, 0.1) is 13.8 Å². The number of carbonyl (C=O) groups excluding carboxylic acids is 2. The zero-order valence-corrected chi connectivity index (χ0v) is 16.1. The second kappa shape index (κ2) is 9.18. The number of rotatable bonds is 7. The molecule has 0 heterocycles. The minimum absolute atomic E-state index is 0.0109. The van der Waals surface area contributed by atoms with E-state index < -0.39 is 6.04 Å². The van der Waals surface area contributed by atoms with Crippen LogP contribution in [0.25, 0.3) is 0 Å². The molecule has 0 saturated carbocycles. The van der Waals surface area contributed by atoms with Gasteiger partial charge in [-0.2, -0.15) is 0 Å². The van der Waals surface area contributed by atoms with Gasteiger partial charge in [-0.1, -0.05) is 59.7 Å². The Morgan fingerprint density at radius 1 is 1.00 bits per heavy atom. The van der Waals surface area contributed by atoms with Crippen molar-refractivity contribution in [1.29, 1.82) is 0 Å². The van der Waals surface area contributed by atoms with E-state index in [1.165, 1.54) is 5.56 Å². The van der Waals surface area contributed by atoms with Crippen LogP contribution >= 0.6 is 0 Å². The van der Waals surface area contributed by atoms with E-state index in [2.05, 4.69) is 35.6 Å². The fourth-order valence-electron chi connectivity index (χ4n) is 2.95. The highest BCUT2D eigenvalue weighted by molar-refractivity contribution is 5.87. The van der Waals surface area contributed by atoms with Crippen molar-refractivity contribution in [3.63, 3.8) is 0 Å². The van der Waals surface area contributed by atoms with Gasteiger partial charge in [0, 0.05) is 20.0 Å². The van der Waals surface area contributed by atoms with E-state index in [4.69, 9.17) is 0 Å². The van der Waals surface area contributed by atoms with Crippen LogP contribution in [0.2, 0.25) is 0 Å². The molecule has 0 spiro atoms. The number of carbonyl (C=O) groups is 2. The number of aryl methyl sites for hydroxylation is 3. The van der Waals surface area contributed by atoms with Crippen LogP contribution in [0.1, 0.15) is 35.6 Å². The molecule has 138 valence electrons. The summed E-state index contributed by atoms with van der Waals surface area (Å²) in [6.45, 7) is 6.28. The SMILES string of the molecule is CNC(=O)C(C)N(Cc1cccc(C)c1)C(=O)CCc1ccc(C)cc1. The fraction of sp³-hybridized carbons (Fsp3) is 0.364. The Balaban J connectivity index is 2.12. The van der Waals surface area contributed by atoms with Gasteiger partial charge in [-0.05, 0) is 38.3 Å². The lowest BCUT2D eigenvalue weighted by Crippen LogP contribution is -2.46. The van der Waals surface area contributed by atoms with Gasteiger partial charge >= 0.3 is 0 Å². The highest BCUT2D eigenvalue weighted by atomic mass is 16.2. The van der Waals surface area contributed by atoms with Crippen LogP contribution in [0.15, 0.2) is 48.5 Å². The van der Waals surface area contributed by atoms with Crippen LogP contribution in [-0.4, -0.2) is 29.8 Å². The molecule has 0 bridgehead atoms. The average molecular weight is 352 g/mol. The molecule has 2 rings (SSSR count). The monoisotopic (exact) mass is 352 g/mol. The first kappa shape index (κ1) is 19.7. The van der Waals surface area contributed by atoms with Gasteiger partial charge in [-0.25, -0.2) is 0 Å². The molecule has 1 atom stereocenters. The minimum Gasteiger partial charge on any atom is -0.357 e. The third kappa shape index (κ3) is 5.45. The molecular weight excluding hydrogens is 324 g/mol. The van der Waals surface area contributed by atoms with Gasteiger partial charge in [0.05, 0.1) is 0 Å². The van der Waals surface area contributed by atoms with Crippen molar-refractivity contribution in [3.05, 3.63) is 70.8 Å². The van der Waals surface area contributed by atoms with Gasteiger partial charge in [0.1, 0.15) is 6.04 Å². The summed E-state index contributed by atoms with van der Waals surface area (Å²) in [5.41, 5.74) is 4.51. The number of hydrogen-bond acceptors (Lipinski definition) is 2. The summed E-state index contributed by atoms with van der Waals surface area (Å²) >= 11 is 0. The summed E-state index contributed by atoms with van der Waals surface area (Å²) < 4.78 is 0. The summed E-state index contributed by atoms with van der Waals surface area (Å²) in [5.74, 6) is -0.162. The highest BCUT2D eigenvalue weighted by Gasteiger charge is 2.25. The number of nitrogens with zero attached hydrogens (tertiary/aromatic N) is 1. The standard InChI is InChI=1S/C22H28N2O2/c1-16-8-10-19(11-9-16)12-13-21(25)24(18(3)22(26)23-4)15-20-7-5-6-17(2)14-20/h5-11,14,18H,12-13,15H2,1-4H3,(H,23,26). The van der Waals surface area contributed by atoms with Crippen LogP contribution in [-0.2, 0) is 22.6 Å². The zero-order valence-electron chi connectivity index (χ0n) is 16.1. The molecule has 0 aliphatic heterocycles. The van der Waals surface area contributed by atoms with E-state index in [1.807, 2.05) is 32.0 Å². The van der Waals surface area contributed by atoms with Gasteiger partial charge < -0.3 is 10.2 Å². The van der Waals surface area contributed by atoms with Crippen LogP contribution in [0.4, 0.5) is 0 Å². The predicted octanol–water partition coefficient (Wildman–Crippen LogP) is 3.40. The molecule has 4 heteroatoms. The zero-order chi connectivity index (χ0) is 19.1. The number of hydrogen-bond donors (Lipinski definition) is 1. The Hall–Kier alpha value is -2.62. The van der Waals surface area contributed by atoms with Crippen molar-refractivity contribution < 1.29 is 9.59 Å². The molecule has 1 N–H and O–H groups in total. The molecule has 2 amide bonds. The summed E-state index contributed by atoms with van der Waals surface area (Å²) in [6, 6.07) is 15.7. The summed E-state index contributed by atoms with van der Waals surface area (Å²) in [7, 11) is 1.60. The Bertz CT molecular complexity index is 753. The maximum atomic E-state index is 12.9. The number of benzene rings is 2. The smallest absolute Gasteiger partial charge is 0.242 e. The maximum Gasteiger partial charge on any atom is 0.242 e. The summed E-state index contributed by atoms with van der Waals surface area (Å²) in [4.78, 5) is 26.7. The Morgan fingerprint density at radius 2 is 1.69 bits per heavy atom. The molecule has 1 unspecified atom stereocenters. The molecule has 4 nitrogen and oxygen atoms in total. The lowest BCUT2D eigenvalue weighted by atomic mass is 10.1. The van der Waals surface area contributed by atoms with Crippen molar-refractivity contribution in [3.8, 4) is 0 Å². The van der Waals surface area contributed by atoms with Gasteiger partial charge in [0.25, 0.3) is 0 Å². The summed E-state index contributed by atoms with van der Waals surface area (Å²) in [5, 5.41) is 2.64. The quantitative estimate of drug-likeness (QED) is 0.830. The molecule has 0 aliphatic rings. The molecule has 0 saturated heterocycles. The Morgan fingerprint density at radius 3 is 2.31 bits per heavy atom. The molecule has 0 aromatic heterocycles. The van der Waals surface area contributed by atoms with Crippen LogP contribution in [0.5, 0.6) is 0 Å². The molecule has 2 aromatic rings. The molecular formula is C22H28N2O2. The van der Waals surface area contributed by atoms with Gasteiger partial charge in [0.2, 0.25) is 11.8 Å². The lowest BCUT2D eigenvalue weighted by Gasteiger charge is -2.28. The van der Waals surface area contributed by atoms with Gasteiger partial charge in [0.15, 0.2) is 0 Å². The second-order valence-electron chi connectivity index (χ2n) is 6.79. The van der Waals surface area contributed by atoms with Crippen molar-refractivity contribution in [2.75, 3.05) is 7.05 Å². The molecule has 0 aliphatic carbocycles. The Labute approximate surface area is 156 Å². The van der Waals surface area contributed by atoms with E-state index in [1.54, 1.807) is 18.9 Å². The van der Waals surface area contributed by atoms with E-state index >= 15 is 0 Å². The first-order chi connectivity index (χ1) is 12.4. The van der Waals surface area contributed by atoms with Crippen molar-refractivity contribution >= 4 is 11.8 Å². The maximum absolute atomic E-state index is 12.9. The first-order valence-electron chi connectivity index (χ1n) is 9.03. The fourth-order valence-corrected chi connectivity index (χ4v) is 2.95. The summed E-state index contributed by atoms with van der Waals surface area (Å²) in [6.07, 6.45) is 1.06. The van der Waals surface area contributed by atoms with Gasteiger partial charge in [-0.3, -0.25) is 9.59 Å². The topological polar surface area (TPSA) is 49.4 Å². The van der Waals surface area contributed by atoms with E-state index in [9.17, 15) is 9.59 Å². The lowest BCUT2D eigenvalue weighted by molar-refractivity contribution is -0.140. The first-order valence-corrected chi connectivity index (χ1v) is 9.03. The van der Waals surface area contributed by atoms with Gasteiger partial charge in [-0.15, -0.1) is 0 Å². The third-order valence-electron chi connectivity index (χ3n) is 4.60. The van der Waals surface area contributed by atoms with Crippen molar-refractivity contribution in [2.24, 2.45) is 0 Å².